The second-order valence-electron chi connectivity index (χ2n) is 4.82. The Labute approximate surface area is 86.5 Å². The Hall–Kier alpha value is -0.370. The van der Waals surface area contributed by atoms with Gasteiger partial charge in [-0.2, -0.15) is 0 Å². The second-order valence-corrected chi connectivity index (χ2v) is 4.82. The highest BCUT2D eigenvalue weighted by Crippen LogP contribution is 2.27. The van der Waals surface area contributed by atoms with Crippen LogP contribution in [-0.2, 0) is 4.79 Å². The van der Waals surface area contributed by atoms with Crippen molar-refractivity contribution >= 4 is 5.78 Å². The van der Waals surface area contributed by atoms with E-state index in [9.17, 15) is 4.79 Å². The topological polar surface area (TPSA) is 29.1 Å². The van der Waals surface area contributed by atoms with Crippen molar-refractivity contribution in [1.29, 1.82) is 0 Å². The molecule has 2 fully saturated rings. The van der Waals surface area contributed by atoms with Gasteiger partial charge in [-0.1, -0.05) is 32.1 Å². The van der Waals surface area contributed by atoms with Gasteiger partial charge in [-0.25, -0.2) is 0 Å². The fraction of sp³-hybridized carbons (Fsp3) is 0.917. The average Bonchev–Trinajstić information content (AvgIpc) is 2.72. The molecule has 1 N–H and O–H groups in total. The van der Waals surface area contributed by atoms with Crippen molar-refractivity contribution in [3.05, 3.63) is 0 Å². The van der Waals surface area contributed by atoms with E-state index >= 15 is 0 Å². The quantitative estimate of drug-likeness (QED) is 0.748. The summed E-state index contributed by atoms with van der Waals surface area (Å²) in [6, 6.07) is 0.205. The van der Waals surface area contributed by atoms with Crippen molar-refractivity contribution in [1.82, 2.24) is 5.32 Å². The molecule has 0 spiro atoms. The molecular formula is C12H21NO. The van der Waals surface area contributed by atoms with Crippen LogP contribution in [0.2, 0.25) is 0 Å². The highest BCUT2D eigenvalue weighted by molar-refractivity contribution is 5.84. The van der Waals surface area contributed by atoms with Crippen LogP contribution < -0.4 is 5.32 Å². The molecule has 80 valence electrons. The minimum atomic E-state index is 0.205. The van der Waals surface area contributed by atoms with Gasteiger partial charge < -0.3 is 5.32 Å². The smallest absolute Gasteiger partial charge is 0.150 e. The maximum absolute atomic E-state index is 11.9. The number of hydrogen-bond donors (Lipinski definition) is 1. The van der Waals surface area contributed by atoms with Gasteiger partial charge in [0.15, 0.2) is 0 Å². The molecule has 2 nitrogen and oxygen atoms in total. The summed E-state index contributed by atoms with van der Waals surface area (Å²) in [6.45, 7) is 1.04. The minimum Gasteiger partial charge on any atom is -0.307 e. The summed E-state index contributed by atoms with van der Waals surface area (Å²) >= 11 is 0. The molecule has 2 aliphatic rings. The molecule has 0 bridgehead atoms. The lowest BCUT2D eigenvalue weighted by molar-refractivity contribution is -0.121. The highest BCUT2D eigenvalue weighted by atomic mass is 16.1. The van der Waals surface area contributed by atoms with E-state index < -0.39 is 0 Å². The Morgan fingerprint density at radius 1 is 1.07 bits per heavy atom. The standard InChI is InChI=1S/C12H21NO/c14-12(11-7-4-8-13-11)9-10-5-2-1-3-6-10/h10-11,13H,1-9H2. The van der Waals surface area contributed by atoms with E-state index in [1.54, 1.807) is 0 Å². The zero-order valence-electron chi connectivity index (χ0n) is 8.93. The Bertz CT molecular complexity index is 190. The van der Waals surface area contributed by atoms with Crippen LogP contribution in [0.15, 0.2) is 0 Å². The van der Waals surface area contributed by atoms with Gasteiger partial charge in [-0.05, 0) is 25.3 Å². The number of rotatable bonds is 3. The van der Waals surface area contributed by atoms with Crippen LogP contribution >= 0.6 is 0 Å². The summed E-state index contributed by atoms with van der Waals surface area (Å²) in [5.41, 5.74) is 0. The van der Waals surface area contributed by atoms with Crippen LogP contribution in [-0.4, -0.2) is 18.4 Å². The van der Waals surface area contributed by atoms with Crippen molar-refractivity contribution in [2.24, 2.45) is 5.92 Å². The summed E-state index contributed by atoms with van der Waals surface area (Å²) in [7, 11) is 0. The Morgan fingerprint density at radius 3 is 2.50 bits per heavy atom. The van der Waals surface area contributed by atoms with Gasteiger partial charge in [-0.3, -0.25) is 4.79 Å². The van der Waals surface area contributed by atoms with E-state index in [-0.39, 0.29) is 6.04 Å². The summed E-state index contributed by atoms with van der Waals surface area (Å²) in [5, 5.41) is 3.30. The van der Waals surface area contributed by atoms with E-state index in [0.29, 0.717) is 11.7 Å². The second kappa shape index (κ2) is 4.92. The van der Waals surface area contributed by atoms with Gasteiger partial charge in [0.25, 0.3) is 0 Å². The summed E-state index contributed by atoms with van der Waals surface area (Å²) in [5.74, 6) is 1.19. The number of carbonyl (C=O) groups is 1. The van der Waals surface area contributed by atoms with Gasteiger partial charge in [0.1, 0.15) is 5.78 Å². The fourth-order valence-corrected chi connectivity index (χ4v) is 2.78. The predicted octanol–water partition coefficient (Wildman–Crippen LogP) is 2.28. The van der Waals surface area contributed by atoms with E-state index in [0.717, 1.165) is 19.4 Å². The molecule has 1 atom stereocenters. The van der Waals surface area contributed by atoms with E-state index in [4.69, 9.17) is 0 Å². The minimum absolute atomic E-state index is 0.205. The molecule has 0 radical (unpaired) electrons. The zero-order chi connectivity index (χ0) is 9.80. The molecule has 0 aromatic rings. The molecular weight excluding hydrogens is 174 g/mol. The molecule has 1 unspecified atom stereocenters. The molecule has 0 aromatic heterocycles. The zero-order valence-corrected chi connectivity index (χ0v) is 8.93. The Kier molecular flexibility index (Phi) is 3.57. The van der Waals surface area contributed by atoms with Crippen LogP contribution in [0, 0.1) is 5.92 Å². The van der Waals surface area contributed by atoms with Gasteiger partial charge in [-0.15, -0.1) is 0 Å². The van der Waals surface area contributed by atoms with Gasteiger partial charge in [0.2, 0.25) is 0 Å². The van der Waals surface area contributed by atoms with E-state index in [1.807, 2.05) is 0 Å². The Balaban J connectivity index is 1.75. The number of Topliss-reactive ketones (excluding diaryl/α,β-unsaturated/α-hetero) is 1. The van der Waals surface area contributed by atoms with Crippen LogP contribution in [0.5, 0.6) is 0 Å². The van der Waals surface area contributed by atoms with E-state index in [2.05, 4.69) is 5.32 Å². The lowest BCUT2D eigenvalue weighted by atomic mass is 9.84. The molecule has 14 heavy (non-hydrogen) atoms. The van der Waals surface area contributed by atoms with Crippen LogP contribution in [0.25, 0.3) is 0 Å². The number of carbonyl (C=O) groups excluding carboxylic acids is 1. The number of ketones is 1. The molecule has 1 aliphatic carbocycles. The number of nitrogens with one attached hydrogen (secondary N) is 1. The largest absolute Gasteiger partial charge is 0.307 e. The normalized spacial score (nSPS) is 29.3. The van der Waals surface area contributed by atoms with Gasteiger partial charge in [0, 0.05) is 6.42 Å². The third-order valence-electron chi connectivity index (χ3n) is 3.66. The van der Waals surface area contributed by atoms with Crippen LogP contribution in [0.4, 0.5) is 0 Å². The molecule has 0 amide bonds. The maximum atomic E-state index is 11.9. The molecule has 1 saturated carbocycles. The van der Waals surface area contributed by atoms with Crippen molar-refractivity contribution in [3.8, 4) is 0 Å². The summed E-state index contributed by atoms with van der Waals surface area (Å²) in [4.78, 5) is 11.9. The van der Waals surface area contributed by atoms with Crippen molar-refractivity contribution in [3.63, 3.8) is 0 Å². The molecule has 1 heterocycles. The molecule has 2 rings (SSSR count). The Morgan fingerprint density at radius 2 is 1.86 bits per heavy atom. The first kappa shape index (κ1) is 10.2. The maximum Gasteiger partial charge on any atom is 0.150 e. The fourth-order valence-electron chi connectivity index (χ4n) is 2.78. The monoisotopic (exact) mass is 195 g/mol. The molecule has 1 saturated heterocycles. The van der Waals surface area contributed by atoms with Gasteiger partial charge >= 0.3 is 0 Å². The molecule has 0 aromatic carbocycles. The molecule has 1 aliphatic heterocycles. The first-order valence-corrected chi connectivity index (χ1v) is 6.12. The van der Waals surface area contributed by atoms with Crippen molar-refractivity contribution < 1.29 is 4.79 Å². The van der Waals surface area contributed by atoms with Gasteiger partial charge in [0.05, 0.1) is 6.04 Å². The average molecular weight is 195 g/mol. The lowest BCUT2D eigenvalue weighted by Gasteiger charge is -2.22. The third-order valence-corrected chi connectivity index (χ3v) is 3.66. The SMILES string of the molecule is O=C(CC1CCCCC1)C1CCCN1. The summed E-state index contributed by atoms with van der Waals surface area (Å²) < 4.78 is 0. The highest BCUT2D eigenvalue weighted by Gasteiger charge is 2.25. The van der Waals surface area contributed by atoms with Crippen LogP contribution in [0.1, 0.15) is 51.4 Å². The third kappa shape index (κ3) is 2.57. The predicted molar refractivity (Wildman–Crippen MR) is 57.2 cm³/mol. The number of hydrogen-bond acceptors (Lipinski definition) is 2. The first-order chi connectivity index (χ1) is 6.86. The van der Waals surface area contributed by atoms with Crippen molar-refractivity contribution in [2.45, 2.75) is 57.4 Å². The summed E-state index contributed by atoms with van der Waals surface area (Å²) in [6.07, 6.45) is 9.75. The first-order valence-electron chi connectivity index (χ1n) is 6.12. The van der Waals surface area contributed by atoms with Crippen LogP contribution in [0.3, 0.4) is 0 Å². The lowest BCUT2D eigenvalue weighted by Crippen LogP contribution is -2.32. The molecule has 2 heteroatoms. The van der Waals surface area contributed by atoms with Crippen molar-refractivity contribution in [2.75, 3.05) is 6.54 Å². The van der Waals surface area contributed by atoms with E-state index in [1.165, 1.54) is 38.5 Å².